The van der Waals surface area contributed by atoms with Crippen LogP contribution in [0, 0.1) is 0 Å². The minimum Gasteiger partial charge on any atom is -0.426 e. The molecule has 0 N–H and O–H groups in total. The second-order valence-corrected chi connectivity index (χ2v) is 4.05. The minimum atomic E-state index is -1.23. The maximum Gasteiger partial charge on any atom is 0.308 e. The second kappa shape index (κ2) is 4.95. The van der Waals surface area contributed by atoms with Gasteiger partial charge in [-0.1, -0.05) is 12.1 Å². The van der Waals surface area contributed by atoms with Crippen LogP contribution >= 0.6 is 0 Å². The molecule has 0 atom stereocenters. The predicted molar refractivity (Wildman–Crippen MR) is 66.9 cm³/mol. The predicted octanol–water partition coefficient (Wildman–Crippen LogP) is 1.81. The highest BCUT2D eigenvalue weighted by Crippen LogP contribution is 2.40. The molecule has 0 amide bonds. The van der Waals surface area contributed by atoms with Gasteiger partial charge < -0.3 is 14.2 Å². The molecule has 1 aliphatic rings. The van der Waals surface area contributed by atoms with Gasteiger partial charge in [0.15, 0.2) is 5.78 Å². The Morgan fingerprint density at radius 2 is 1.89 bits per heavy atom. The van der Waals surface area contributed by atoms with Crippen LogP contribution in [0.15, 0.2) is 30.4 Å². The molecule has 1 aromatic carbocycles. The van der Waals surface area contributed by atoms with E-state index in [1.807, 2.05) is 0 Å². The van der Waals surface area contributed by atoms with E-state index in [1.165, 1.54) is 33.3 Å². The maximum absolute atomic E-state index is 11.9. The van der Waals surface area contributed by atoms with Gasteiger partial charge in [0.1, 0.15) is 5.75 Å². The lowest BCUT2D eigenvalue weighted by molar-refractivity contribution is -0.179. The Balaban J connectivity index is 2.68. The summed E-state index contributed by atoms with van der Waals surface area (Å²) in [4.78, 5) is 23.1. The van der Waals surface area contributed by atoms with Crippen LogP contribution in [0.2, 0.25) is 0 Å². The molecule has 0 bridgehead atoms. The molecular formula is C14H14O5. The van der Waals surface area contributed by atoms with Crippen molar-refractivity contribution >= 4 is 11.8 Å². The molecule has 1 aromatic rings. The van der Waals surface area contributed by atoms with Crippen molar-refractivity contribution < 1.29 is 23.8 Å². The first-order chi connectivity index (χ1) is 9.04. The summed E-state index contributed by atoms with van der Waals surface area (Å²) < 4.78 is 15.9. The van der Waals surface area contributed by atoms with Crippen LogP contribution in [0.4, 0.5) is 0 Å². The van der Waals surface area contributed by atoms with Gasteiger partial charge in [-0.2, -0.15) is 0 Å². The van der Waals surface area contributed by atoms with Crippen molar-refractivity contribution in [3.05, 3.63) is 41.5 Å². The van der Waals surface area contributed by atoms with Gasteiger partial charge in [-0.05, 0) is 18.2 Å². The topological polar surface area (TPSA) is 61.8 Å². The normalized spacial score (nSPS) is 16.1. The minimum absolute atomic E-state index is 0.186. The van der Waals surface area contributed by atoms with Crippen molar-refractivity contribution in [2.24, 2.45) is 0 Å². The van der Waals surface area contributed by atoms with E-state index in [-0.39, 0.29) is 11.5 Å². The van der Waals surface area contributed by atoms with Gasteiger partial charge in [0.05, 0.1) is 5.56 Å². The SMILES string of the molecule is COC1(OC)C=CC(=O)c2cccc(OC(C)=O)c21. The lowest BCUT2D eigenvalue weighted by Crippen LogP contribution is -2.34. The Hall–Kier alpha value is -1.98. The summed E-state index contributed by atoms with van der Waals surface area (Å²) in [6, 6.07) is 4.88. The first-order valence-electron chi connectivity index (χ1n) is 5.70. The van der Waals surface area contributed by atoms with E-state index in [9.17, 15) is 9.59 Å². The third kappa shape index (κ3) is 2.18. The van der Waals surface area contributed by atoms with Crippen molar-refractivity contribution in [1.82, 2.24) is 0 Å². The van der Waals surface area contributed by atoms with E-state index in [1.54, 1.807) is 18.2 Å². The standard InChI is InChI=1S/C14H14O5/c1-9(15)19-12-6-4-5-10-11(16)7-8-14(17-2,18-3)13(10)12/h4-8H,1-3H3. The molecule has 0 spiro atoms. The van der Waals surface area contributed by atoms with Crippen LogP contribution in [0.3, 0.4) is 0 Å². The number of ketones is 1. The number of methoxy groups -OCH3 is 2. The van der Waals surface area contributed by atoms with Crippen LogP contribution in [0.1, 0.15) is 22.8 Å². The van der Waals surface area contributed by atoms with Crippen LogP contribution in [-0.2, 0) is 20.1 Å². The van der Waals surface area contributed by atoms with E-state index in [0.717, 1.165) is 0 Å². The van der Waals surface area contributed by atoms with Crippen molar-refractivity contribution in [3.8, 4) is 5.75 Å². The Kier molecular flexibility index (Phi) is 3.50. The number of benzene rings is 1. The summed E-state index contributed by atoms with van der Waals surface area (Å²) in [7, 11) is 2.91. The molecule has 1 aliphatic carbocycles. The molecular weight excluding hydrogens is 248 g/mol. The van der Waals surface area contributed by atoms with E-state index >= 15 is 0 Å². The first-order valence-corrected chi connectivity index (χ1v) is 5.70. The highest BCUT2D eigenvalue weighted by molar-refractivity contribution is 6.07. The molecule has 0 fully saturated rings. The highest BCUT2D eigenvalue weighted by atomic mass is 16.7. The van der Waals surface area contributed by atoms with E-state index in [4.69, 9.17) is 14.2 Å². The smallest absolute Gasteiger partial charge is 0.308 e. The van der Waals surface area contributed by atoms with Gasteiger partial charge in [0, 0.05) is 26.7 Å². The molecule has 100 valence electrons. The van der Waals surface area contributed by atoms with Crippen LogP contribution in [-0.4, -0.2) is 26.0 Å². The molecule has 0 radical (unpaired) electrons. The van der Waals surface area contributed by atoms with Gasteiger partial charge in [-0.15, -0.1) is 0 Å². The number of hydrogen-bond acceptors (Lipinski definition) is 5. The Morgan fingerprint density at radius 1 is 1.21 bits per heavy atom. The third-order valence-electron chi connectivity index (χ3n) is 2.95. The Morgan fingerprint density at radius 3 is 2.47 bits per heavy atom. The fourth-order valence-electron chi connectivity index (χ4n) is 2.12. The zero-order valence-electron chi connectivity index (χ0n) is 10.9. The van der Waals surface area contributed by atoms with Gasteiger partial charge in [0.25, 0.3) is 0 Å². The summed E-state index contributed by atoms with van der Waals surface area (Å²) in [6.07, 6.45) is 2.89. The molecule has 19 heavy (non-hydrogen) atoms. The Labute approximate surface area is 110 Å². The van der Waals surface area contributed by atoms with E-state index in [0.29, 0.717) is 11.1 Å². The summed E-state index contributed by atoms with van der Waals surface area (Å²) >= 11 is 0. The quantitative estimate of drug-likeness (QED) is 0.472. The molecule has 0 saturated carbocycles. The number of carbonyl (C=O) groups is 2. The fraction of sp³-hybridized carbons (Fsp3) is 0.286. The van der Waals surface area contributed by atoms with Crippen LogP contribution in [0.5, 0.6) is 5.75 Å². The zero-order valence-corrected chi connectivity index (χ0v) is 10.9. The van der Waals surface area contributed by atoms with Crippen molar-refractivity contribution in [1.29, 1.82) is 0 Å². The van der Waals surface area contributed by atoms with Crippen molar-refractivity contribution in [2.45, 2.75) is 12.7 Å². The Bertz CT molecular complexity index is 555. The van der Waals surface area contributed by atoms with Crippen LogP contribution in [0.25, 0.3) is 0 Å². The van der Waals surface area contributed by atoms with Gasteiger partial charge >= 0.3 is 5.97 Å². The van der Waals surface area contributed by atoms with E-state index in [2.05, 4.69) is 0 Å². The third-order valence-corrected chi connectivity index (χ3v) is 2.95. The average molecular weight is 262 g/mol. The molecule has 0 unspecified atom stereocenters. The number of fused-ring (bicyclic) bond motifs is 1. The van der Waals surface area contributed by atoms with Gasteiger partial charge in [-0.25, -0.2) is 0 Å². The van der Waals surface area contributed by atoms with Gasteiger partial charge in [0.2, 0.25) is 5.79 Å². The summed E-state index contributed by atoms with van der Waals surface area (Å²) in [5.41, 5.74) is 0.799. The number of ether oxygens (including phenoxy) is 3. The highest BCUT2D eigenvalue weighted by Gasteiger charge is 2.39. The lowest BCUT2D eigenvalue weighted by Gasteiger charge is -2.32. The fourth-order valence-corrected chi connectivity index (χ4v) is 2.12. The maximum atomic E-state index is 11.9. The molecule has 5 nitrogen and oxygen atoms in total. The van der Waals surface area contributed by atoms with Gasteiger partial charge in [-0.3, -0.25) is 9.59 Å². The zero-order chi connectivity index (χ0) is 14.0. The number of hydrogen-bond donors (Lipinski definition) is 0. The lowest BCUT2D eigenvalue weighted by atomic mass is 9.90. The van der Waals surface area contributed by atoms with E-state index < -0.39 is 11.8 Å². The largest absolute Gasteiger partial charge is 0.426 e. The number of rotatable bonds is 3. The summed E-state index contributed by atoms with van der Waals surface area (Å²) in [5, 5.41) is 0. The number of allylic oxidation sites excluding steroid dienone is 1. The molecule has 0 aromatic heterocycles. The molecule has 5 heteroatoms. The number of esters is 1. The molecule has 0 saturated heterocycles. The second-order valence-electron chi connectivity index (χ2n) is 4.05. The molecule has 0 aliphatic heterocycles. The van der Waals surface area contributed by atoms with Crippen LogP contribution < -0.4 is 4.74 Å². The monoisotopic (exact) mass is 262 g/mol. The van der Waals surface area contributed by atoms with Crippen molar-refractivity contribution in [3.63, 3.8) is 0 Å². The average Bonchev–Trinajstić information content (AvgIpc) is 2.40. The first kappa shape index (κ1) is 13.5. The summed E-state index contributed by atoms with van der Waals surface area (Å²) in [5.74, 6) is -1.63. The number of carbonyl (C=O) groups excluding carboxylic acids is 2. The molecule has 2 rings (SSSR count). The summed E-state index contributed by atoms with van der Waals surface area (Å²) in [6.45, 7) is 1.29. The van der Waals surface area contributed by atoms with Crippen molar-refractivity contribution in [2.75, 3.05) is 14.2 Å². The molecule has 0 heterocycles.